The number of hydrogen-bond donors (Lipinski definition) is 0. The van der Waals surface area contributed by atoms with Gasteiger partial charge in [0.15, 0.2) is 0 Å². The number of benzene rings is 7. The molecule has 7 aromatic carbocycles. The van der Waals surface area contributed by atoms with Crippen LogP contribution in [0.15, 0.2) is 176 Å². The Kier molecular flexibility index (Phi) is 6.21. The molecule has 2 aliphatic carbocycles. The van der Waals surface area contributed by atoms with Gasteiger partial charge in [-0.2, -0.15) is 0 Å². The number of allylic oxidation sites excluding steroid dienone is 5. The Morgan fingerprint density at radius 2 is 0.826 bits per heavy atom. The molecule has 2 atom stereocenters. The maximum Gasteiger partial charge on any atom is 0.0131 e. The van der Waals surface area contributed by atoms with Gasteiger partial charge in [-0.3, -0.25) is 0 Å². The van der Waals surface area contributed by atoms with E-state index in [9.17, 15) is 0 Å². The van der Waals surface area contributed by atoms with Crippen molar-refractivity contribution in [3.63, 3.8) is 0 Å². The predicted molar refractivity (Wildman–Crippen MR) is 197 cm³/mol. The van der Waals surface area contributed by atoms with E-state index in [1.165, 1.54) is 82.8 Å². The van der Waals surface area contributed by atoms with Crippen LogP contribution in [-0.2, 0) is 0 Å². The van der Waals surface area contributed by atoms with E-state index in [1.807, 2.05) is 0 Å². The first kappa shape index (κ1) is 26.7. The minimum absolute atomic E-state index is 0.349. The summed E-state index contributed by atoms with van der Waals surface area (Å²) in [5, 5.41) is 5.08. The van der Waals surface area contributed by atoms with E-state index in [1.54, 1.807) is 0 Å². The van der Waals surface area contributed by atoms with Crippen molar-refractivity contribution in [1.82, 2.24) is 0 Å². The van der Waals surface area contributed by atoms with E-state index in [4.69, 9.17) is 0 Å². The van der Waals surface area contributed by atoms with Crippen LogP contribution in [0, 0.1) is 5.92 Å². The summed E-state index contributed by atoms with van der Waals surface area (Å²) in [5.41, 5.74) is 13.8. The highest BCUT2D eigenvalue weighted by Crippen LogP contribution is 2.51. The smallest absolute Gasteiger partial charge is 0.0131 e. The number of rotatable bonds is 4. The molecule has 0 heterocycles. The second-order valence-electron chi connectivity index (χ2n) is 12.5. The Morgan fingerprint density at radius 1 is 0.370 bits per heavy atom. The van der Waals surface area contributed by atoms with Gasteiger partial charge in [0, 0.05) is 11.8 Å². The second kappa shape index (κ2) is 10.7. The van der Waals surface area contributed by atoms with Crippen molar-refractivity contribution in [2.24, 2.45) is 5.92 Å². The highest BCUT2D eigenvalue weighted by molar-refractivity contribution is 6.21. The molecule has 2 aliphatic rings. The van der Waals surface area contributed by atoms with Gasteiger partial charge in [-0.25, -0.2) is 0 Å². The molecule has 7 aromatic rings. The van der Waals surface area contributed by atoms with Gasteiger partial charge in [-0.05, 0) is 107 Å². The second-order valence-corrected chi connectivity index (χ2v) is 12.5. The number of fused-ring (bicyclic) bond motifs is 5. The molecule has 46 heavy (non-hydrogen) atoms. The van der Waals surface area contributed by atoms with Gasteiger partial charge in [0.2, 0.25) is 0 Å². The van der Waals surface area contributed by atoms with Gasteiger partial charge in [-0.15, -0.1) is 0 Å². The van der Waals surface area contributed by atoms with Crippen molar-refractivity contribution in [2.75, 3.05) is 0 Å². The Balaban J connectivity index is 1.32. The lowest BCUT2D eigenvalue weighted by Crippen LogP contribution is -2.03. The summed E-state index contributed by atoms with van der Waals surface area (Å²) in [4.78, 5) is 0. The molecule has 0 aromatic heterocycles. The minimum atomic E-state index is 0.349. The van der Waals surface area contributed by atoms with Gasteiger partial charge < -0.3 is 0 Å². The molecule has 0 saturated carbocycles. The highest BCUT2D eigenvalue weighted by atomic mass is 14.4. The van der Waals surface area contributed by atoms with Crippen molar-refractivity contribution in [3.8, 4) is 44.5 Å². The van der Waals surface area contributed by atoms with Crippen LogP contribution in [-0.4, -0.2) is 0 Å². The van der Waals surface area contributed by atoms with Crippen LogP contribution in [0.2, 0.25) is 0 Å². The van der Waals surface area contributed by atoms with E-state index in [0.29, 0.717) is 11.8 Å². The molecule has 0 spiro atoms. The molecule has 0 heteroatoms. The Hall–Kier alpha value is -5.72. The average molecular weight is 585 g/mol. The third-order valence-electron chi connectivity index (χ3n) is 9.95. The fourth-order valence-corrected chi connectivity index (χ4v) is 7.82. The molecule has 0 bridgehead atoms. The SMILES string of the molecule is C=C1c2ccc(-c3c4ccccc4c(-c4cc(-c5ccccc5)cc(-c5ccccc5)c4)c4ccccc34)cc2C2C=CC=CC12. The maximum absolute atomic E-state index is 4.50. The molecular weight excluding hydrogens is 553 g/mol. The molecule has 9 rings (SSSR count). The van der Waals surface area contributed by atoms with Crippen molar-refractivity contribution in [2.45, 2.75) is 5.92 Å². The van der Waals surface area contributed by atoms with Crippen molar-refractivity contribution in [1.29, 1.82) is 0 Å². The first-order valence-corrected chi connectivity index (χ1v) is 16.1. The summed E-state index contributed by atoms with van der Waals surface area (Å²) in [5.74, 6) is 0.697. The average Bonchev–Trinajstić information content (AvgIpc) is 3.41. The summed E-state index contributed by atoms with van der Waals surface area (Å²) < 4.78 is 0. The molecule has 0 aliphatic heterocycles. The topological polar surface area (TPSA) is 0 Å². The van der Waals surface area contributed by atoms with Crippen LogP contribution in [0.3, 0.4) is 0 Å². The van der Waals surface area contributed by atoms with Gasteiger partial charge in [-0.1, -0.05) is 152 Å². The zero-order valence-corrected chi connectivity index (χ0v) is 25.5. The summed E-state index contributed by atoms with van der Waals surface area (Å²) in [6.07, 6.45) is 8.99. The summed E-state index contributed by atoms with van der Waals surface area (Å²) in [6, 6.07) is 53.5. The summed E-state index contributed by atoms with van der Waals surface area (Å²) >= 11 is 0. The largest absolute Gasteiger partial charge is 0.0946 e. The molecule has 216 valence electrons. The van der Waals surface area contributed by atoms with Crippen LogP contribution in [0.1, 0.15) is 17.0 Å². The highest BCUT2D eigenvalue weighted by Gasteiger charge is 2.33. The lowest BCUT2D eigenvalue weighted by atomic mass is 9.83. The van der Waals surface area contributed by atoms with Crippen LogP contribution in [0.4, 0.5) is 0 Å². The van der Waals surface area contributed by atoms with E-state index < -0.39 is 0 Å². The van der Waals surface area contributed by atoms with E-state index in [-0.39, 0.29) is 0 Å². The van der Waals surface area contributed by atoms with Crippen LogP contribution in [0.5, 0.6) is 0 Å². The monoisotopic (exact) mass is 584 g/mol. The van der Waals surface area contributed by atoms with Gasteiger partial charge >= 0.3 is 0 Å². The third-order valence-corrected chi connectivity index (χ3v) is 9.95. The Morgan fingerprint density at radius 3 is 1.37 bits per heavy atom. The molecule has 0 radical (unpaired) electrons. The lowest BCUT2D eigenvalue weighted by molar-refractivity contribution is 0.754. The molecule has 0 fully saturated rings. The summed E-state index contributed by atoms with van der Waals surface area (Å²) in [6.45, 7) is 4.50. The first-order valence-electron chi connectivity index (χ1n) is 16.1. The lowest BCUT2D eigenvalue weighted by Gasteiger charge is -2.20. The normalized spacial score (nSPS) is 16.6. The molecule has 0 amide bonds. The van der Waals surface area contributed by atoms with Gasteiger partial charge in [0.25, 0.3) is 0 Å². The maximum atomic E-state index is 4.50. The van der Waals surface area contributed by atoms with Gasteiger partial charge in [0.05, 0.1) is 0 Å². The van der Waals surface area contributed by atoms with Gasteiger partial charge in [0.1, 0.15) is 0 Å². The minimum Gasteiger partial charge on any atom is -0.0946 e. The van der Waals surface area contributed by atoms with Crippen LogP contribution < -0.4 is 0 Å². The molecular formula is C46H32. The van der Waals surface area contributed by atoms with E-state index in [0.717, 1.165) is 0 Å². The fourth-order valence-electron chi connectivity index (χ4n) is 7.82. The van der Waals surface area contributed by atoms with Crippen molar-refractivity contribution >= 4 is 27.1 Å². The van der Waals surface area contributed by atoms with E-state index >= 15 is 0 Å². The number of hydrogen-bond acceptors (Lipinski definition) is 0. The molecule has 0 N–H and O–H groups in total. The zero-order chi connectivity index (χ0) is 30.6. The molecule has 2 unspecified atom stereocenters. The predicted octanol–water partition coefficient (Wildman–Crippen LogP) is 12.5. The molecule has 0 nitrogen and oxygen atoms in total. The van der Waals surface area contributed by atoms with E-state index in [2.05, 4.69) is 176 Å². The zero-order valence-electron chi connectivity index (χ0n) is 25.5. The third kappa shape index (κ3) is 4.22. The Bertz CT molecular complexity index is 2260. The van der Waals surface area contributed by atoms with Crippen LogP contribution in [0.25, 0.3) is 71.6 Å². The molecule has 0 saturated heterocycles. The summed E-state index contributed by atoms with van der Waals surface area (Å²) in [7, 11) is 0. The Labute approximate surface area is 270 Å². The first-order chi connectivity index (χ1) is 22.7. The fraction of sp³-hybridized carbons (Fsp3) is 0.0435. The van der Waals surface area contributed by atoms with Crippen LogP contribution >= 0.6 is 0 Å². The quantitative estimate of drug-likeness (QED) is 0.181. The standard InChI is InChI=1S/C46H32/c1-30-37-18-8-9-19-39(37)44-29-33(24-25-38(30)44)45-40-20-10-12-22-42(40)46(43-23-13-11-21-41(43)45)36-27-34(31-14-4-2-5-15-31)26-35(28-36)32-16-6-3-7-17-32/h2-29,37,39H,1H2. The van der Waals surface area contributed by atoms with Crippen molar-refractivity contribution < 1.29 is 0 Å². The van der Waals surface area contributed by atoms with Crippen molar-refractivity contribution in [3.05, 3.63) is 188 Å².